The lowest BCUT2D eigenvalue weighted by atomic mass is 10.3. The van der Waals surface area contributed by atoms with Gasteiger partial charge in [0.25, 0.3) is 0 Å². The van der Waals surface area contributed by atoms with Crippen molar-refractivity contribution in [2.24, 2.45) is 0 Å². The Morgan fingerprint density at radius 1 is 1.14 bits per heavy atom. The molecule has 0 amide bonds. The number of thioether (sulfide) groups is 1. The van der Waals surface area contributed by atoms with Gasteiger partial charge in [-0.3, -0.25) is 9.59 Å². The third kappa shape index (κ3) is 4.09. The molecule has 0 saturated carbocycles. The second kappa shape index (κ2) is 5.44. The lowest BCUT2D eigenvalue weighted by Gasteiger charge is -1.98. The summed E-state index contributed by atoms with van der Waals surface area (Å²) in [5.74, 6) is -0.938. The van der Waals surface area contributed by atoms with E-state index in [4.69, 9.17) is 5.11 Å². The molecule has 0 bridgehead atoms. The van der Waals surface area contributed by atoms with Gasteiger partial charge >= 0.3 is 5.97 Å². The largest absolute Gasteiger partial charge is 0.481 e. The van der Waals surface area contributed by atoms with Gasteiger partial charge in [0, 0.05) is 11.3 Å². The number of hydrogen-bond acceptors (Lipinski definition) is 3. The second-order valence-electron chi connectivity index (χ2n) is 2.68. The molecule has 1 aromatic rings. The minimum absolute atomic E-state index is 0.0783. The van der Waals surface area contributed by atoms with E-state index in [1.807, 2.05) is 30.3 Å². The monoisotopic (exact) mass is 210 g/mol. The molecule has 0 spiro atoms. The van der Waals surface area contributed by atoms with Gasteiger partial charge in [0.1, 0.15) is 0 Å². The molecule has 0 atom stereocenters. The fourth-order valence-corrected chi connectivity index (χ4v) is 1.64. The number of benzene rings is 1. The summed E-state index contributed by atoms with van der Waals surface area (Å²) in [5, 5.41) is 8.25. The van der Waals surface area contributed by atoms with Crippen molar-refractivity contribution in [2.45, 2.75) is 17.7 Å². The van der Waals surface area contributed by atoms with Crippen molar-refractivity contribution in [3.05, 3.63) is 30.3 Å². The van der Waals surface area contributed by atoms with Gasteiger partial charge in [-0.25, -0.2) is 0 Å². The lowest BCUT2D eigenvalue weighted by molar-refractivity contribution is -0.137. The van der Waals surface area contributed by atoms with Crippen LogP contribution in [-0.4, -0.2) is 16.2 Å². The zero-order valence-electron chi connectivity index (χ0n) is 7.47. The van der Waals surface area contributed by atoms with Crippen molar-refractivity contribution < 1.29 is 14.7 Å². The first-order chi connectivity index (χ1) is 6.68. The first kappa shape index (κ1) is 10.8. The van der Waals surface area contributed by atoms with E-state index >= 15 is 0 Å². The minimum Gasteiger partial charge on any atom is -0.481 e. The average molecular weight is 210 g/mol. The Hall–Kier alpha value is -1.29. The van der Waals surface area contributed by atoms with E-state index in [-0.39, 0.29) is 18.0 Å². The minimum atomic E-state index is -0.938. The molecule has 74 valence electrons. The molecule has 1 N–H and O–H groups in total. The van der Waals surface area contributed by atoms with Crippen LogP contribution in [0.5, 0.6) is 0 Å². The highest BCUT2D eigenvalue weighted by atomic mass is 32.2. The van der Waals surface area contributed by atoms with Crippen molar-refractivity contribution in [3.63, 3.8) is 0 Å². The molecule has 0 unspecified atom stereocenters. The maximum absolute atomic E-state index is 11.2. The number of carboxylic acids is 1. The molecular formula is C10H10O3S. The van der Waals surface area contributed by atoms with Crippen molar-refractivity contribution >= 4 is 22.8 Å². The summed E-state index contributed by atoms with van der Waals surface area (Å²) in [5.41, 5.74) is 0. The maximum atomic E-state index is 11.2. The smallest absolute Gasteiger partial charge is 0.303 e. The Kier molecular flexibility index (Phi) is 4.19. The highest BCUT2D eigenvalue weighted by Crippen LogP contribution is 2.19. The molecule has 0 aliphatic rings. The van der Waals surface area contributed by atoms with E-state index in [0.29, 0.717) is 0 Å². The summed E-state index contributed by atoms with van der Waals surface area (Å²) in [6.45, 7) is 0. The zero-order chi connectivity index (χ0) is 10.4. The first-order valence-electron chi connectivity index (χ1n) is 4.16. The van der Waals surface area contributed by atoms with E-state index in [9.17, 15) is 9.59 Å². The molecule has 0 aromatic heterocycles. The van der Waals surface area contributed by atoms with E-state index < -0.39 is 5.97 Å². The number of aliphatic carboxylic acids is 1. The molecule has 0 fully saturated rings. The number of hydrogen-bond donors (Lipinski definition) is 1. The van der Waals surface area contributed by atoms with E-state index in [1.165, 1.54) is 0 Å². The average Bonchev–Trinajstić information content (AvgIpc) is 2.16. The predicted molar refractivity (Wildman–Crippen MR) is 54.2 cm³/mol. The highest BCUT2D eigenvalue weighted by Gasteiger charge is 2.06. The standard InChI is InChI=1S/C10H10O3S/c11-9(12)6-7-10(13)14-8-4-2-1-3-5-8/h1-5H,6-7H2,(H,11,12). The summed E-state index contributed by atoms with van der Waals surface area (Å²) in [6, 6.07) is 9.19. The third-order valence-electron chi connectivity index (χ3n) is 1.52. The molecule has 0 radical (unpaired) electrons. The third-order valence-corrected chi connectivity index (χ3v) is 2.46. The van der Waals surface area contributed by atoms with Crippen LogP contribution in [0.25, 0.3) is 0 Å². The molecule has 0 saturated heterocycles. The molecule has 1 rings (SSSR count). The van der Waals surface area contributed by atoms with Crippen LogP contribution in [0.15, 0.2) is 35.2 Å². The molecule has 0 aliphatic carbocycles. The molecule has 0 aliphatic heterocycles. The van der Waals surface area contributed by atoms with Crippen LogP contribution >= 0.6 is 11.8 Å². The topological polar surface area (TPSA) is 54.4 Å². The Bertz CT molecular complexity index is 321. The molecule has 1 aromatic carbocycles. The van der Waals surface area contributed by atoms with Crippen molar-refractivity contribution in [1.29, 1.82) is 0 Å². The van der Waals surface area contributed by atoms with Crippen molar-refractivity contribution in [2.75, 3.05) is 0 Å². The van der Waals surface area contributed by atoms with E-state index in [1.54, 1.807) is 0 Å². The Morgan fingerprint density at radius 3 is 2.36 bits per heavy atom. The first-order valence-corrected chi connectivity index (χ1v) is 4.97. The SMILES string of the molecule is O=C(O)CCC(=O)Sc1ccccc1. The Balaban J connectivity index is 2.38. The van der Waals surface area contributed by atoms with Crippen LogP contribution < -0.4 is 0 Å². The number of carbonyl (C=O) groups is 2. The van der Waals surface area contributed by atoms with Gasteiger partial charge in [-0.05, 0) is 12.1 Å². The van der Waals surface area contributed by atoms with Gasteiger partial charge in [0.15, 0.2) is 5.12 Å². The van der Waals surface area contributed by atoms with Crippen molar-refractivity contribution in [3.8, 4) is 0 Å². The number of carboxylic acid groups (broad SMARTS) is 1. The second-order valence-corrected chi connectivity index (χ2v) is 3.81. The summed E-state index contributed by atoms with van der Waals surface area (Å²) >= 11 is 1.08. The fourth-order valence-electron chi connectivity index (χ4n) is 0.880. The molecule has 0 heterocycles. The van der Waals surface area contributed by atoms with Gasteiger partial charge in [-0.15, -0.1) is 0 Å². The van der Waals surface area contributed by atoms with Crippen LogP contribution in [0.2, 0.25) is 0 Å². The van der Waals surface area contributed by atoms with Gasteiger partial charge in [0.2, 0.25) is 0 Å². The lowest BCUT2D eigenvalue weighted by Crippen LogP contribution is -1.99. The van der Waals surface area contributed by atoms with E-state index in [0.717, 1.165) is 16.7 Å². The van der Waals surface area contributed by atoms with Crippen LogP contribution in [0.1, 0.15) is 12.8 Å². The quantitative estimate of drug-likeness (QED) is 0.774. The molecular weight excluding hydrogens is 200 g/mol. The zero-order valence-corrected chi connectivity index (χ0v) is 8.29. The highest BCUT2D eigenvalue weighted by molar-refractivity contribution is 8.13. The summed E-state index contributed by atoms with van der Waals surface area (Å²) in [6.07, 6.45) is -0.0203. The van der Waals surface area contributed by atoms with Gasteiger partial charge in [0.05, 0.1) is 6.42 Å². The predicted octanol–water partition coefficient (Wildman–Crippen LogP) is 2.17. The normalized spacial score (nSPS) is 9.71. The van der Waals surface area contributed by atoms with Gasteiger partial charge < -0.3 is 5.11 Å². The van der Waals surface area contributed by atoms with Crippen LogP contribution in [0.4, 0.5) is 0 Å². The Labute approximate surface area is 86.1 Å². The molecule has 4 heteroatoms. The summed E-state index contributed by atoms with van der Waals surface area (Å²) in [7, 11) is 0. The van der Waals surface area contributed by atoms with Gasteiger partial charge in [-0.1, -0.05) is 30.0 Å². The van der Waals surface area contributed by atoms with Crippen LogP contribution in [0, 0.1) is 0 Å². The number of rotatable bonds is 4. The van der Waals surface area contributed by atoms with Gasteiger partial charge in [-0.2, -0.15) is 0 Å². The van der Waals surface area contributed by atoms with Crippen molar-refractivity contribution in [1.82, 2.24) is 0 Å². The summed E-state index contributed by atoms with van der Waals surface area (Å²) < 4.78 is 0. The van der Waals surface area contributed by atoms with Crippen LogP contribution in [0.3, 0.4) is 0 Å². The van der Waals surface area contributed by atoms with Crippen LogP contribution in [-0.2, 0) is 9.59 Å². The summed E-state index contributed by atoms with van der Waals surface area (Å²) in [4.78, 5) is 22.3. The molecule has 14 heavy (non-hydrogen) atoms. The van der Waals surface area contributed by atoms with E-state index in [2.05, 4.69) is 0 Å². The molecule has 3 nitrogen and oxygen atoms in total. The Morgan fingerprint density at radius 2 is 1.79 bits per heavy atom. The fraction of sp³-hybridized carbons (Fsp3) is 0.200. The number of carbonyl (C=O) groups excluding carboxylic acids is 1. The maximum Gasteiger partial charge on any atom is 0.303 e.